The van der Waals surface area contributed by atoms with Crippen LogP contribution in [-0.4, -0.2) is 20.7 Å². The summed E-state index contributed by atoms with van der Waals surface area (Å²) in [5, 5.41) is 7.17. The predicted octanol–water partition coefficient (Wildman–Crippen LogP) is 3.47. The van der Waals surface area contributed by atoms with E-state index in [-0.39, 0.29) is 11.9 Å². The first-order chi connectivity index (χ1) is 12.2. The van der Waals surface area contributed by atoms with E-state index in [2.05, 4.69) is 27.5 Å². The van der Waals surface area contributed by atoms with Crippen LogP contribution in [0, 0.1) is 0 Å². The van der Waals surface area contributed by atoms with Crippen molar-refractivity contribution in [2.75, 3.05) is 0 Å². The lowest BCUT2D eigenvalue weighted by Gasteiger charge is -2.15. The molecule has 25 heavy (non-hydrogen) atoms. The lowest BCUT2D eigenvalue weighted by Crippen LogP contribution is -2.26. The van der Waals surface area contributed by atoms with Crippen LogP contribution in [0.3, 0.4) is 0 Å². The number of nitrogens with zero attached hydrogens (tertiary/aromatic N) is 3. The van der Waals surface area contributed by atoms with Crippen LogP contribution in [0.2, 0.25) is 0 Å². The molecule has 2 aromatic carbocycles. The van der Waals surface area contributed by atoms with E-state index in [9.17, 15) is 4.79 Å². The van der Waals surface area contributed by atoms with Crippen molar-refractivity contribution in [2.45, 2.75) is 32.2 Å². The molecule has 0 bridgehead atoms. The molecule has 1 aromatic heterocycles. The first-order valence-electron chi connectivity index (χ1n) is 8.50. The Morgan fingerprint density at radius 2 is 1.88 bits per heavy atom. The summed E-state index contributed by atoms with van der Waals surface area (Å²) in [4.78, 5) is 16.1. The van der Waals surface area contributed by atoms with Gasteiger partial charge in [-0.15, -0.1) is 0 Å². The molecule has 1 amide bonds. The van der Waals surface area contributed by atoms with Crippen molar-refractivity contribution in [3.05, 3.63) is 78.4 Å². The number of aromatic nitrogens is 3. The highest BCUT2D eigenvalue weighted by Crippen LogP contribution is 2.15. The molecule has 3 rings (SSSR count). The molecule has 1 N–H and O–H groups in total. The van der Waals surface area contributed by atoms with Crippen molar-refractivity contribution in [3.8, 4) is 5.69 Å². The van der Waals surface area contributed by atoms with Gasteiger partial charge < -0.3 is 5.32 Å². The van der Waals surface area contributed by atoms with Gasteiger partial charge in [0.2, 0.25) is 5.91 Å². The van der Waals surface area contributed by atoms with Crippen LogP contribution in [0.15, 0.2) is 67.3 Å². The summed E-state index contributed by atoms with van der Waals surface area (Å²) in [5.74, 6) is 0.0868. The largest absolute Gasteiger partial charge is 0.350 e. The van der Waals surface area contributed by atoms with Crippen molar-refractivity contribution in [3.63, 3.8) is 0 Å². The highest BCUT2D eigenvalue weighted by Gasteiger charge is 2.10. The van der Waals surface area contributed by atoms with Crippen molar-refractivity contribution < 1.29 is 4.79 Å². The number of carbonyl (C=O) groups is 1. The SMILES string of the molecule is CC(NC(=O)CCCc1ccccc1)c1ccc(-n2cncn2)cc1. The molecule has 1 unspecified atom stereocenters. The number of benzene rings is 2. The van der Waals surface area contributed by atoms with E-state index in [1.165, 1.54) is 11.9 Å². The molecule has 0 saturated heterocycles. The third kappa shape index (κ3) is 4.76. The average molecular weight is 334 g/mol. The van der Waals surface area contributed by atoms with Crippen LogP contribution < -0.4 is 5.32 Å². The zero-order valence-corrected chi connectivity index (χ0v) is 14.3. The number of hydrogen-bond donors (Lipinski definition) is 1. The highest BCUT2D eigenvalue weighted by atomic mass is 16.1. The molecule has 5 nitrogen and oxygen atoms in total. The van der Waals surface area contributed by atoms with Gasteiger partial charge in [-0.25, -0.2) is 9.67 Å². The molecule has 0 aliphatic heterocycles. The third-order valence-corrected chi connectivity index (χ3v) is 4.17. The van der Waals surface area contributed by atoms with Crippen molar-refractivity contribution in [2.24, 2.45) is 0 Å². The Hall–Kier alpha value is -2.95. The summed E-state index contributed by atoms with van der Waals surface area (Å²) in [6, 6.07) is 18.2. The van der Waals surface area contributed by atoms with Gasteiger partial charge in [0.05, 0.1) is 11.7 Å². The summed E-state index contributed by atoms with van der Waals surface area (Å²) >= 11 is 0. The lowest BCUT2D eigenvalue weighted by atomic mass is 10.1. The average Bonchev–Trinajstić information content (AvgIpc) is 3.17. The summed E-state index contributed by atoms with van der Waals surface area (Å²) in [5.41, 5.74) is 3.29. The number of hydrogen-bond acceptors (Lipinski definition) is 3. The minimum atomic E-state index is -0.0194. The number of amides is 1. The maximum absolute atomic E-state index is 12.1. The predicted molar refractivity (Wildman–Crippen MR) is 97.3 cm³/mol. The van der Waals surface area contributed by atoms with Crippen LogP contribution >= 0.6 is 0 Å². The molecule has 1 heterocycles. The standard InChI is InChI=1S/C20H22N4O/c1-16(18-10-12-19(13-11-18)24-15-21-14-22-24)23-20(25)9-5-8-17-6-3-2-4-7-17/h2-4,6-7,10-16H,5,8-9H2,1H3,(H,23,25). The second-order valence-electron chi connectivity index (χ2n) is 6.06. The fourth-order valence-electron chi connectivity index (χ4n) is 2.75. The molecular formula is C20H22N4O. The molecule has 0 radical (unpaired) electrons. The molecular weight excluding hydrogens is 312 g/mol. The van der Waals surface area contributed by atoms with Gasteiger partial charge in [0.25, 0.3) is 0 Å². The van der Waals surface area contributed by atoms with E-state index >= 15 is 0 Å². The Labute approximate surface area is 147 Å². The van der Waals surface area contributed by atoms with E-state index in [0.717, 1.165) is 24.1 Å². The van der Waals surface area contributed by atoms with Gasteiger partial charge in [0, 0.05) is 6.42 Å². The Morgan fingerprint density at radius 3 is 2.56 bits per heavy atom. The van der Waals surface area contributed by atoms with Gasteiger partial charge in [-0.3, -0.25) is 4.79 Å². The normalized spacial score (nSPS) is 11.9. The fraction of sp³-hybridized carbons (Fsp3) is 0.250. The highest BCUT2D eigenvalue weighted by molar-refractivity contribution is 5.76. The molecule has 0 saturated carbocycles. The Morgan fingerprint density at radius 1 is 1.12 bits per heavy atom. The van der Waals surface area contributed by atoms with E-state index in [0.29, 0.717) is 6.42 Å². The van der Waals surface area contributed by atoms with E-state index in [1.54, 1.807) is 11.0 Å². The minimum Gasteiger partial charge on any atom is -0.350 e. The Kier molecular flexibility index (Phi) is 5.57. The van der Waals surface area contributed by atoms with Gasteiger partial charge in [0.1, 0.15) is 12.7 Å². The Bertz CT molecular complexity index is 782. The lowest BCUT2D eigenvalue weighted by molar-refractivity contribution is -0.121. The molecule has 0 aliphatic rings. The zero-order valence-electron chi connectivity index (χ0n) is 14.3. The van der Waals surface area contributed by atoms with Crippen LogP contribution in [0.5, 0.6) is 0 Å². The molecule has 128 valence electrons. The minimum absolute atomic E-state index is 0.0194. The summed E-state index contributed by atoms with van der Waals surface area (Å²) in [7, 11) is 0. The van der Waals surface area contributed by atoms with E-state index in [1.807, 2.05) is 49.4 Å². The van der Waals surface area contributed by atoms with Crippen LogP contribution in [0.25, 0.3) is 5.69 Å². The summed E-state index contributed by atoms with van der Waals surface area (Å²) < 4.78 is 1.70. The fourth-order valence-corrected chi connectivity index (χ4v) is 2.75. The van der Waals surface area contributed by atoms with Gasteiger partial charge in [0.15, 0.2) is 0 Å². The summed E-state index contributed by atoms with van der Waals surface area (Å²) in [6.45, 7) is 2.00. The van der Waals surface area contributed by atoms with Gasteiger partial charge in [-0.05, 0) is 43.0 Å². The van der Waals surface area contributed by atoms with E-state index in [4.69, 9.17) is 0 Å². The van der Waals surface area contributed by atoms with Gasteiger partial charge in [-0.1, -0.05) is 42.5 Å². The second kappa shape index (κ2) is 8.24. The molecule has 0 fully saturated rings. The van der Waals surface area contributed by atoms with Crippen molar-refractivity contribution in [1.29, 1.82) is 0 Å². The molecule has 3 aromatic rings. The monoisotopic (exact) mass is 334 g/mol. The quantitative estimate of drug-likeness (QED) is 0.720. The van der Waals surface area contributed by atoms with Crippen LogP contribution in [0.4, 0.5) is 0 Å². The van der Waals surface area contributed by atoms with Crippen molar-refractivity contribution >= 4 is 5.91 Å². The maximum Gasteiger partial charge on any atom is 0.220 e. The molecule has 1 atom stereocenters. The topological polar surface area (TPSA) is 59.8 Å². The van der Waals surface area contributed by atoms with Crippen LogP contribution in [0.1, 0.15) is 36.9 Å². The van der Waals surface area contributed by atoms with E-state index < -0.39 is 0 Å². The smallest absolute Gasteiger partial charge is 0.220 e. The number of aryl methyl sites for hydroxylation is 1. The second-order valence-corrected chi connectivity index (χ2v) is 6.06. The number of rotatable bonds is 7. The van der Waals surface area contributed by atoms with Gasteiger partial charge >= 0.3 is 0 Å². The summed E-state index contributed by atoms with van der Waals surface area (Å²) in [6.07, 6.45) is 5.48. The molecule has 0 aliphatic carbocycles. The maximum atomic E-state index is 12.1. The number of nitrogens with one attached hydrogen (secondary N) is 1. The zero-order chi connectivity index (χ0) is 17.5. The van der Waals surface area contributed by atoms with Gasteiger partial charge in [-0.2, -0.15) is 5.10 Å². The molecule has 0 spiro atoms. The third-order valence-electron chi connectivity index (χ3n) is 4.17. The first kappa shape index (κ1) is 16.9. The molecule has 5 heteroatoms. The van der Waals surface area contributed by atoms with Crippen molar-refractivity contribution in [1.82, 2.24) is 20.1 Å². The number of carbonyl (C=O) groups excluding carboxylic acids is 1. The Balaban J connectivity index is 1.48. The first-order valence-corrected chi connectivity index (χ1v) is 8.50. The van der Waals surface area contributed by atoms with Crippen LogP contribution in [-0.2, 0) is 11.2 Å².